The molecule has 3 rings (SSSR count). The molecule has 0 radical (unpaired) electrons. The Labute approximate surface area is 111 Å². The van der Waals surface area contributed by atoms with Gasteiger partial charge in [-0.3, -0.25) is 4.90 Å². The monoisotopic (exact) mass is 241 g/mol. The van der Waals surface area contributed by atoms with Crippen molar-refractivity contribution in [1.29, 1.82) is 0 Å². The molecule has 1 saturated carbocycles. The highest BCUT2D eigenvalue weighted by molar-refractivity contribution is 5.53. The van der Waals surface area contributed by atoms with Crippen molar-refractivity contribution in [3.8, 4) is 0 Å². The second-order valence-corrected chi connectivity index (χ2v) is 5.83. The van der Waals surface area contributed by atoms with Crippen LogP contribution in [0, 0.1) is 6.92 Å². The summed E-state index contributed by atoms with van der Waals surface area (Å²) in [5, 5.41) is 0. The van der Waals surface area contributed by atoms with Crippen LogP contribution < -0.4 is 0 Å². The van der Waals surface area contributed by atoms with Crippen molar-refractivity contribution < 1.29 is 0 Å². The molecule has 0 aromatic heterocycles. The Kier molecular flexibility index (Phi) is 3.51. The Morgan fingerprint density at radius 2 is 1.72 bits per heavy atom. The van der Waals surface area contributed by atoms with Crippen molar-refractivity contribution in [2.45, 2.75) is 45.1 Å². The third kappa shape index (κ3) is 2.67. The van der Waals surface area contributed by atoms with Crippen LogP contribution in [0.15, 0.2) is 29.8 Å². The minimum Gasteiger partial charge on any atom is -0.300 e. The smallest absolute Gasteiger partial charge is 0.00955 e. The molecule has 2 fully saturated rings. The van der Waals surface area contributed by atoms with E-state index in [-0.39, 0.29) is 0 Å². The van der Waals surface area contributed by atoms with Gasteiger partial charge in [-0.2, -0.15) is 0 Å². The summed E-state index contributed by atoms with van der Waals surface area (Å²) in [7, 11) is 0. The van der Waals surface area contributed by atoms with Crippen molar-refractivity contribution in [3.05, 3.63) is 41.0 Å². The van der Waals surface area contributed by atoms with Gasteiger partial charge in [0.15, 0.2) is 0 Å². The second kappa shape index (κ2) is 5.27. The minimum absolute atomic E-state index is 0.922. The lowest BCUT2D eigenvalue weighted by Crippen LogP contribution is -2.43. The van der Waals surface area contributed by atoms with Gasteiger partial charge in [-0.25, -0.2) is 0 Å². The zero-order valence-electron chi connectivity index (χ0n) is 11.4. The number of hydrogen-bond donors (Lipinski definition) is 0. The van der Waals surface area contributed by atoms with Gasteiger partial charge in [0.05, 0.1) is 0 Å². The minimum atomic E-state index is 0.922. The number of aryl methyl sites for hydroxylation is 1. The molecule has 1 heteroatoms. The van der Waals surface area contributed by atoms with E-state index in [9.17, 15) is 0 Å². The molecule has 1 saturated heterocycles. The van der Waals surface area contributed by atoms with Gasteiger partial charge < -0.3 is 0 Å². The van der Waals surface area contributed by atoms with Crippen LogP contribution >= 0.6 is 0 Å². The van der Waals surface area contributed by atoms with Gasteiger partial charge in [0.1, 0.15) is 0 Å². The van der Waals surface area contributed by atoms with Gasteiger partial charge in [-0.1, -0.05) is 47.9 Å². The Morgan fingerprint density at radius 3 is 2.28 bits per heavy atom. The number of nitrogens with zero attached hydrogens (tertiary/aromatic N) is 1. The second-order valence-electron chi connectivity index (χ2n) is 5.83. The fourth-order valence-corrected chi connectivity index (χ4v) is 2.97. The topological polar surface area (TPSA) is 3.24 Å². The van der Waals surface area contributed by atoms with Crippen molar-refractivity contribution in [2.75, 3.05) is 13.1 Å². The van der Waals surface area contributed by atoms with E-state index < -0.39 is 0 Å². The molecule has 1 aromatic rings. The van der Waals surface area contributed by atoms with Crippen LogP contribution in [-0.4, -0.2) is 24.0 Å². The number of likely N-dealkylation sites (tertiary alicyclic amines) is 1. The zero-order valence-corrected chi connectivity index (χ0v) is 11.4. The molecule has 18 heavy (non-hydrogen) atoms. The maximum atomic E-state index is 2.70. The first-order valence-corrected chi connectivity index (χ1v) is 7.31. The van der Waals surface area contributed by atoms with Gasteiger partial charge in [-0.05, 0) is 38.2 Å². The van der Waals surface area contributed by atoms with Gasteiger partial charge in [-0.15, -0.1) is 0 Å². The number of hydrogen-bond acceptors (Lipinski definition) is 1. The quantitative estimate of drug-likeness (QED) is 0.755. The van der Waals surface area contributed by atoms with E-state index in [1.807, 2.05) is 0 Å². The largest absolute Gasteiger partial charge is 0.300 e. The number of rotatable bonds is 2. The zero-order chi connectivity index (χ0) is 12.4. The van der Waals surface area contributed by atoms with Crippen molar-refractivity contribution in [2.24, 2.45) is 0 Å². The molecule has 0 spiro atoms. The summed E-state index contributed by atoms with van der Waals surface area (Å²) in [5.41, 5.74) is 4.35. The molecule has 0 unspecified atom stereocenters. The van der Waals surface area contributed by atoms with Crippen molar-refractivity contribution in [1.82, 2.24) is 4.90 Å². The molecule has 1 aromatic carbocycles. The Balaban J connectivity index is 1.59. The fourth-order valence-electron chi connectivity index (χ4n) is 2.97. The van der Waals surface area contributed by atoms with Crippen LogP contribution in [0.25, 0.3) is 6.08 Å². The lowest BCUT2D eigenvalue weighted by molar-refractivity contribution is 0.118. The summed E-state index contributed by atoms with van der Waals surface area (Å²) < 4.78 is 0. The molecule has 0 amide bonds. The van der Waals surface area contributed by atoms with Crippen LogP contribution in [0.2, 0.25) is 0 Å². The standard InChI is InChI=1S/C17H23N/c1-14-5-7-15(8-6-14)13-16-9-11-18(12-10-16)17-3-2-4-17/h5-8,13,17H,2-4,9-12H2,1H3. The van der Waals surface area contributed by atoms with Gasteiger partial charge >= 0.3 is 0 Å². The summed E-state index contributed by atoms with van der Waals surface area (Å²) in [6, 6.07) is 9.80. The van der Waals surface area contributed by atoms with Gasteiger partial charge in [0.25, 0.3) is 0 Å². The Morgan fingerprint density at radius 1 is 1.06 bits per heavy atom. The molecule has 1 nitrogen and oxygen atoms in total. The van der Waals surface area contributed by atoms with E-state index in [0.29, 0.717) is 0 Å². The fraction of sp³-hybridized carbons (Fsp3) is 0.529. The van der Waals surface area contributed by atoms with Gasteiger partial charge in [0, 0.05) is 19.1 Å². The summed E-state index contributed by atoms with van der Waals surface area (Å²) >= 11 is 0. The summed E-state index contributed by atoms with van der Waals surface area (Å²) in [4.78, 5) is 2.70. The van der Waals surface area contributed by atoms with Crippen LogP contribution in [0.1, 0.15) is 43.2 Å². The average Bonchev–Trinajstić information content (AvgIpc) is 2.32. The first-order chi connectivity index (χ1) is 8.81. The molecule has 0 bridgehead atoms. The van der Waals surface area contributed by atoms with E-state index in [4.69, 9.17) is 0 Å². The number of benzene rings is 1. The Hall–Kier alpha value is -1.08. The van der Waals surface area contributed by atoms with Crippen LogP contribution in [0.4, 0.5) is 0 Å². The average molecular weight is 241 g/mol. The first kappa shape index (κ1) is 12.0. The normalized spacial score (nSPS) is 21.7. The Bertz CT molecular complexity index is 415. The molecule has 96 valence electrons. The van der Waals surface area contributed by atoms with Crippen LogP contribution in [0.3, 0.4) is 0 Å². The lowest BCUT2D eigenvalue weighted by atomic mass is 9.89. The molecule has 0 N–H and O–H groups in total. The molecule has 1 heterocycles. The molecular weight excluding hydrogens is 218 g/mol. The van der Waals surface area contributed by atoms with Crippen molar-refractivity contribution >= 4 is 6.08 Å². The third-order valence-corrected chi connectivity index (χ3v) is 4.48. The molecule has 0 atom stereocenters. The van der Waals surface area contributed by atoms with E-state index >= 15 is 0 Å². The SMILES string of the molecule is Cc1ccc(C=C2CCN(C3CCC3)CC2)cc1. The van der Waals surface area contributed by atoms with Crippen LogP contribution in [0.5, 0.6) is 0 Å². The third-order valence-electron chi connectivity index (χ3n) is 4.48. The predicted octanol–water partition coefficient (Wildman–Crippen LogP) is 4.03. The summed E-state index contributed by atoms with van der Waals surface area (Å²) in [5.74, 6) is 0. The van der Waals surface area contributed by atoms with E-state index in [2.05, 4.69) is 42.2 Å². The maximum absolute atomic E-state index is 2.70. The molecule has 1 aliphatic carbocycles. The first-order valence-electron chi connectivity index (χ1n) is 7.31. The maximum Gasteiger partial charge on any atom is 0.00955 e. The summed E-state index contributed by atoms with van der Waals surface area (Å²) in [6.45, 7) is 4.71. The predicted molar refractivity (Wildman–Crippen MR) is 77.6 cm³/mol. The molecule has 1 aliphatic heterocycles. The van der Waals surface area contributed by atoms with Crippen molar-refractivity contribution in [3.63, 3.8) is 0 Å². The highest BCUT2D eigenvalue weighted by Gasteiger charge is 2.26. The number of piperidine rings is 1. The van der Waals surface area contributed by atoms with Crippen LogP contribution in [-0.2, 0) is 0 Å². The van der Waals surface area contributed by atoms with E-state index in [1.54, 1.807) is 5.57 Å². The summed E-state index contributed by atoms with van der Waals surface area (Å²) in [6.07, 6.45) is 9.27. The van der Waals surface area contributed by atoms with Gasteiger partial charge in [0.2, 0.25) is 0 Å². The molecule has 2 aliphatic rings. The molecular formula is C17H23N. The van der Waals surface area contributed by atoms with E-state index in [0.717, 1.165) is 6.04 Å². The highest BCUT2D eigenvalue weighted by atomic mass is 15.2. The highest BCUT2D eigenvalue weighted by Crippen LogP contribution is 2.29. The van der Waals surface area contributed by atoms with E-state index in [1.165, 1.54) is 56.3 Å². The lowest BCUT2D eigenvalue weighted by Gasteiger charge is -2.40.